The minimum Gasteiger partial charge on any atom is -0.497 e. The van der Waals surface area contributed by atoms with E-state index in [0.29, 0.717) is 24.7 Å². The van der Waals surface area contributed by atoms with E-state index in [4.69, 9.17) is 18.9 Å². The van der Waals surface area contributed by atoms with Crippen LogP contribution in [-0.4, -0.2) is 14.2 Å². The molecule has 0 unspecified atom stereocenters. The monoisotopic (exact) mass is 452 g/mol. The number of benzene rings is 4. The van der Waals surface area contributed by atoms with Gasteiger partial charge in [-0.25, -0.2) is 0 Å². The van der Waals surface area contributed by atoms with Crippen molar-refractivity contribution in [2.45, 2.75) is 13.2 Å². The van der Waals surface area contributed by atoms with Gasteiger partial charge in [-0.2, -0.15) is 0 Å². The molecule has 0 amide bonds. The second-order valence-corrected chi connectivity index (χ2v) is 7.73. The van der Waals surface area contributed by atoms with Gasteiger partial charge in [0, 0.05) is 6.07 Å². The van der Waals surface area contributed by atoms with E-state index in [0.717, 1.165) is 33.8 Å². The second-order valence-electron chi connectivity index (χ2n) is 7.73. The molecule has 0 aliphatic rings. The largest absolute Gasteiger partial charge is 0.497 e. The quantitative estimate of drug-likeness (QED) is 0.242. The van der Waals surface area contributed by atoms with Gasteiger partial charge in [-0.3, -0.25) is 0 Å². The first-order chi connectivity index (χ1) is 16.7. The fourth-order valence-electron chi connectivity index (χ4n) is 3.47. The molecule has 0 atom stereocenters. The SMILES string of the molecule is COc1cc(/C=C/c2ccc(OC)c(OCc3ccccc3)c2)cc(OCc2ccccc2)c1. The second kappa shape index (κ2) is 11.6. The molecule has 172 valence electrons. The molecular weight excluding hydrogens is 424 g/mol. The van der Waals surface area contributed by atoms with Crippen molar-refractivity contribution in [1.82, 2.24) is 0 Å². The van der Waals surface area contributed by atoms with Crippen molar-refractivity contribution in [2.24, 2.45) is 0 Å². The zero-order chi connectivity index (χ0) is 23.6. The molecule has 0 aliphatic carbocycles. The van der Waals surface area contributed by atoms with Gasteiger partial charge in [0.1, 0.15) is 24.7 Å². The third-order valence-electron chi connectivity index (χ3n) is 5.28. The van der Waals surface area contributed by atoms with Crippen LogP contribution in [0.2, 0.25) is 0 Å². The Balaban J connectivity index is 1.49. The molecule has 0 saturated carbocycles. The summed E-state index contributed by atoms with van der Waals surface area (Å²) in [5, 5.41) is 0. The molecule has 34 heavy (non-hydrogen) atoms. The fraction of sp³-hybridized carbons (Fsp3) is 0.133. The summed E-state index contributed by atoms with van der Waals surface area (Å²) in [6.07, 6.45) is 4.06. The average molecular weight is 453 g/mol. The Morgan fingerprint density at radius 2 is 1.15 bits per heavy atom. The molecule has 0 N–H and O–H groups in total. The summed E-state index contributed by atoms with van der Waals surface area (Å²) in [7, 11) is 3.30. The lowest BCUT2D eigenvalue weighted by molar-refractivity contribution is 0.284. The highest BCUT2D eigenvalue weighted by atomic mass is 16.5. The Kier molecular flexibility index (Phi) is 7.86. The predicted molar refractivity (Wildman–Crippen MR) is 136 cm³/mol. The zero-order valence-electron chi connectivity index (χ0n) is 19.4. The molecule has 0 bridgehead atoms. The zero-order valence-corrected chi connectivity index (χ0v) is 19.4. The van der Waals surface area contributed by atoms with Gasteiger partial charge in [0.25, 0.3) is 0 Å². The van der Waals surface area contributed by atoms with Crippen LogP contribution in [0.3, 0.4) is 0 Å². The fourth-order valence-corrected chi connectivity index (χ4v) is 3.47. The maximum Gasteiger partial charge on any atom is 0.162 e. The van der Waals surface area contributed by atoms with Crippen LogP contribution in [0.4, 0.5) is 0 Å². The molecule has 4 aromatic rings. The summed E-state index contributed by atoms with van der Waals surface area (Å²) in [5.74, 6) is 2.90. The van der Waals surface area contributed by atoms with Gasteiger partial charge in [0.2, 0.25) is 0 Å². The van der Waals surface area contributed by atoms with Crippen LogP contribution in [0.25, 0.3) is 12.2 Å². The topological polar surface area (TPSA) is 36.9 Å². The van der Waals surface area contributed by atoms with E-state index in [2.05, 4.69) is 0 Å². The van der Waals surface area contributed by atoms with Gasteiger partial charge in [0.05, 0.1) is 14.2 Å². The highest BCUT2D eigenvalue weighted by Crippen LogP contribution is 2.30. The first-order valence-corrected chi connectivity index (χ1v) is 11.1. The summed E-state index contributed by atoms with van der Waals surface area (Å²) in [6, 6.07) is 31.9. The highest BCUT2D eigenvalue weighted by Gasteiger charge is 2.06. The number of hydrogen-bond donors (Lipinski definition) is 0. The van der Waals surface area contributed by atoms with Gasteiger partial charge in [0.15, 0.2) is 11.5 Å². The number of hydrogen-bond acceptors (Lipinski definition) is 4. The van der Waals surface area contributed by atoms with E-state index in [-0.39, 0.29) is 0 Å². The summed E-state index contributed by atoms with van der Waals surface area (Å²) in [5.41, 5.74) is 4.19. The van der Waals surface area contributed by atoms with E-state index in [1.54, 1.807) is 14.2 Å². The summed E-state index contributed by atoms with van der Waals surface area (Å²) >= 11 is 0. The van der Waals surface area contributed by atoms with Crippen LogP contribution >= 0.6 is 0 Å². The molecule has 4 heteroatoms. The van der Waals surface area contributed by atoms with Crippen LogP contribution in [-0.2, 0) is 13.2 Å². The van der Waals surface area contributed by atoms with Crippen molar-refractivity contribution in [2.75, 3.05) is 14.2 Å². The van der Waals surface area contributed by atoms with Gasteiger partial charge in [-0.05, 0) is 46.5 Å². The smallest absolute Gasteiger partial charge is 0.162 e. The Hall–Kier alpha value is -4.18. The molecule has 0 fully saturated rings. The molecule has 4 rings (SSSR count). The van der Waals surface area contributed by atoms with E-state index in [1.165, 1.54) is 0 Å². The number of rotatable bonds is 10. The van der Waals surface area contributed by atoms with Gasteiger partial charge in [-0.1, -0.05) is 78.9 Å². The van der Waals surface area contributed by atoms with E-state index in [1.807, 2.05) is 109 Å². The van der Waals surface area contributed by atoms with Crippen molar-refractivity contribution in [3.63, 3.8) is 0 Å². The van der Waals surface area contributed by atoms with Crippen molar-refractivity contribution in [1.29, 1.82) is 0 Å². The Morgan fingerprint density at radius 3 is 1.79 bits per heavy atom. The highest BCUT2D eigenvalue weighted by molar-refractivity contribution is 5.72. The molecule has 0 saturated heterocycles. The van der Waals surface area contributed by atoms with Crippen molar-refractivity contribution < 1.29 is 18.9 Å². The lowest BCUT2D eigenvalue weighted by Crippen LogP contribution is -1.97. The normalized spacial score (nSPS) is 10.8. The van der Waals surface area contributed by atoms with Crippen LogP contribution in [0.1, 0.15) is 22.3 Å². The molecule has 0 heterocycles. The van der Waals surface area contributed by atoms with Gasteiger partial charge >= 0.3 is 0 Å². The summed E-state index contributed by atoms with van der Waals surface area (Å²) in [4.78, 5) is 0. The first kappa shape index (κ1) is 23.0. The number of ether oxygens (including phenoxy) is 4. The van der Waals surface area contributed by atoms with Crippen LogP contribution in [0.15, 0.2) is 97.1 Å². The minimum absolute atomic E-state index is 0.475. The predicted octanol–water partition coefficient (Wildman–Crippen LogP) is 7.03. The van der Waals surface area contributed by atoms with E-state index in [9.17, 15) is 0 Å². The lowest BCUT2D eigenvalue weighted by atomic mass is 10.1. The first-order valence-electron chi connectivity index (χ1n) is 11.1. The van der Waals surface area contributed by atoms with Crippen LogP contribution < -0.4 is 18.9 Å². The summed E-state index contributed by atoms with van der Waals surface area (Å²) < 4.78 is 23.0. The standard InChI is InChI=1S/C30H28O4/c1-31-27-17-26(18-28(20-27)33-21-24-9-5-3-6-10-24)14-13-23-15-16-29(32-2)30(19-23)34-22-25-11-7-4-8-12-25/h3-20H,21-22H2,1-2H3/b14-13+. The minimum atomic E-state index is 0.475. The molecule has 0 radical (unpaired) electrons. The maximum atomic E-state index is 6.04. The van der Waals surface area contributed by atoms with Crippen molar-refractivity contribution >= 4 is 12.2 Å². The molecular formula is C30H28O4. The van der Waals surface area contributed by atoms with Crippen molar-refractivity contribution in [3.8, 4) is 23.0 Å². The lowest BCUT2D eigenvalue weighted by Gasteiger charge is -2.12. The van der Waals surface area contributed by atoms with Gasteiger partial charge < -0.3 is 18.9 Å². The Labute approximate surface area is 201 Å². The third kappa shape index (κ3) is 6.42. The van der Waals surface area contributed by atoms with E-state index >= 15 is 0 Å². The average Bonchev–Trinajstić information content (AvgIpc) is 2.90. The molecule has 4 aromatic carbocycles. The number of methoxy groups -OCH3 is 2. The Bertz CT molecular complexity index is 1220. The third-order valence-corrected chi connectivity index (χ3v) is 5.28. The molecule has 0 aromatic heterocycles. The maximum absolute atomic E-state index is 6.04. The molecule has 4 nitrogen and oxygen atoms in total. The van der Waals surface area contributed by atoms with Crippen molar-refractivity contribution in [3.05, 3.63) is 119 Å². The summed E-state index contributed by atoms with van der Waals surface area (Å²) in [6.45, 7) is 0.972. The molecule has 0 aliphatic heterocycles. The van der Waals surface area contributed by atoms with Gasteiger partial charge in [-0.15, -0.1) is 0 Å². The van der Waals surface area contributed by atoms with Crippen LogP contribution in [0.5, 0.6) is 23.0 Å². The van der Waals surface area contributed by atoms with Crippen LogP contribution in [0, 0.1) is 0 Å². The molecule has 0 spiro atoms. The Morgan fingerprint density at radius 1 is 0.529 bits per heavy atom. The van der Waals surface area contributed by atoms with E-state index < -0.39 is 0 Å².